The molecule has 0 radical (unpaired) electrons. The Morgan fingerprint density at radius 3 is 2.48 bits per heavy atom. The number of amides is 1. The first-order chi connectivity index (χ1) is 9.83. The van der Waals surface area contributed by atoms with Crippen LogP contribution < -0.4 is 10.6 Å². The maximum atomic E-state index is 12.0. The summed E-state index contributed by atoms with van der Waals surface area (Å²) < 4.78 is 0. The SMILES string of the molecule is Cl.O=C(CCC1CCNCC1)NC1CC1C1CCCCC1. The summed E-state index contributed by atoms with van der Waals surface area (Å²) in [6.07, 6.45) is 12.7. The topological polar surface area (TPSA) is 41.1 Å². The lowest BCUT2D eigenvalue weighted by atomic mass is 9.85. The van der Waals surface area contributed by atoms with Gasteiger partial charge in [0, 0.05) is 12.5 Å². The Bertz CT molecular complexity index is 325. The van der Waals surface area contributed by atoms with Crippen molar-refractivity contribution in [2.24, 2.45) is 17.8 Å². The predicted octanol–water partition coefficient (Wildman–Crippen LogP) is 3.27. The van der Waals surface area contributed by atoms with E-state index in [1.807, 2.05) is 0 Å². The first-order valence-corrected chi connectivity index (χ1v) is 8.83. The number of halogens is 1. The van der Waals surface area contributed by atoms with Crippen molar-refractivity contribution in [3.8, 4) is 0 Å². The molecule has 0 bridgehead atoms. The van der Waals surface area contributed by atoms with E-state index in [4.69, 9.17) is 0 Å². The monoisotopic (exact) mass is 314 g/mol. The maximum absolute atomic E-state index is 12.0. The summed E-state index contributed by atoms with van der Waals surface area (Å²) in [5.41, 5.74) is 0. The molecule has 0 aromatic carbocycles. The molecule has 3 aliphatic rings. The van der Waals surface area contributed by atoms with Gasteiger partial charge >= 0.3 is 0 Å². The van der Waals surface area contributed by atoms with Gasteiger partial charge in [0.2, 0.25) is 5.91 Å². The zero-order chi connectivity index (χ0) is 13.8. The summed E-state index contributed by atoms with van der Waals surface area (Å²) in [5, 5.41) is 6.67. The van der Waals surface area contributed by atoms with Gasteiger partial charge in [0.25, 0.3) is 0 Å². The molecule has 4 heteroatoms. The molecule has 1 saturated heterocycles. The molecule has 2 N–H and O–H groups in total. The van der Waals surface area contributed by atoms with E-state index in [-0.39, 0.29) is 12.4 Å². The Morgan fingerprint density at radius 2 is 1.76 bits per heavy atom. The van der Waals surface area contributed by atoms with E-state index in [9.17, 15) is 4.79 Å². The molecule has 1 amide bonds. The van der Waals surface area contributed by atoms with Gasteiger partial charge < -0.3 is 10.6 Å². The van der Waals surface area contributed by atoms with Crippen molar-refractivity contribution in [2.75, 3.05) is 13.1 Å². The quantitative estimate of drug-likeness (QED) is 0.817. The molecule has 3 rings (SSSR count). The standard InChI is InChI=1S/C17H30N2O.ClH/c20-17(7-6-13-8-10-18-11-9-13)19-16-12-15(16)14-4-2-1-3-5-14;/h13-16,18H,1-12H2,(H,19,20);1H. The van der Waals surface area contributed by atoms with Crippen LogP contribution in [0.4, 0.5) is 0 Å². The van der Waals surface area contributed by atoms with Crippen LogP contribution >= 0.6 is 12.4 Å². The lowest BCUT2D eigenvalue weighted by Crippen LogP contribution is -2.31. The molecule has 3 nitrogen and oxygen atoms in total. The first-order valence-electron chi connectivity index (χ1n) is 8.83. The fourth-order valence-corrected chi connectivity index (χ4v) is 4.25. The highest BCUT2D eigenvalue weighted by atomic mass is 35.5. The highest BCUT2D eigenvalue weighted by Crippen LogP contribution is 2.44. The van der Waals surface area contributed by atoms with Crippen molar-refractivity contribution < 1.29 is 4.79 Å². The Kier molecular flexibility index (Phi) is 6.81. The number of hydrogen-bond donors (Lipinski definition) is 2. The van der Waals surface area contributed by atoms with Gasteiger partial charge in [0.1, 0.15) is 0 Å². The van der Waals surface area contributed by atoms with Gasteiger partial charge in [0.05, 0.1) is 0 Å². The molecule has 122 valence electrons. The molecular formula is C17H31ClN2O. The molecule has 1 aliphatic heterocycles. The van der Waals surface area contributed by atoms with Gasteiger partial charge in [0.15, 0.2) is 0 Å². The summed E-state index contributed by atoms with van der Waals surface area (Å²) in [6.45, 7) is 2.28. The second kappa shape index (κ2) is 8.38. The van der Waals surface area contributed by atoms with Crippen LogP contribution in [-0.2, 0) is 4.79 Å². The summed E-state index contributed by atoms with van der Waals surface area (Å²) >= 11 is 0. The second-order valence-corrected chi connectivity index (χ2v) is 7.20. The third-order valence-electron chi connectivity index (χ3n) is 5.68. The average molecular weight is 315 g/mol. The number of carbonyl (C=O) groups excluding carboxylic acids is 1. The van der Waals surface area contributed by atoms with E-state index in [0.29, 0.717) is 11.9 Å². The lowest BCUT2D eigenvalue weighted by Gasteiger charge is -2.22. The van der Waals surface area contributed by atoms with Crippen LogP contribution in [0.3, 0.4) is 0 Å². The van der Waals surface area contributed by atoms with E-state index >= 15 is 0 Å². The number of piperidine rings is 1. The van der Waals surface area contributed by atoms with Gasteiger partial charge in [-0.15, -0.1) is 12.4 Å². The van der Waals surface area contributed by atoms with Gasteiger partial charge in [-0.3, -0.25) is 4.79 Å². The molecule has 0 spiro atoms. The first kappa shape index (κ1) is 17.1. The predicted molar refractivity (Wildman–Crippen MR) is 88.7 cm³/mol. The van der Waals surface area contributed by atoms with Crippen LogP contribution in [0.25, 0.3) is 0 Å². The minimum Gasteiger partial charge on any atom is -0.353 e. The largest absolute Gasteiger partial charge is 0.353 e. The van der Waals surface area contributed by atoms with Crippen molar-refractivity contribution in [3.63, 3.8) is 0 Å². The minimum atomic E-state index is 0. The Hall–Kier alpha value is -0.280. The lowest BCUT2D eigenvalue weighted by molar-refractivity contribution is -0.121. The minimum absolute atomic E-state index is 0. The van der Waals surface area contributed by atoms with Crippen LogP contribution in [0, 0.1) is 17.8 Å². The Morgan fingerprint density at radius 1 is 1.05 bits per heavy atom. The fraction of sp³-hybridized carbons (Fsp3) is 0.941. The number of nitrogens with one attached hydrogen (secondary N) is 2. The number of rotatable bonds is 5. The van der Waals surface area contributed by atoms with Crippen molar-refractivity contribution in [1.29, 1.82) is 0 Å². The number of hydrogen-bond acceptors (Lipinski definition) is 2. The highest BCUT2D eigenvalue weighted by Gasteiger charge is 2.43. The molecule has 2 atom stereocenters. The molecule has 2 aliphatic carbocycles. The molecule has 21 heavy (non-hydrogen) atoms. The zero-order valence-corrected chi connectivity index (χ0v) is 13.9. The van der Waals surface area contributed by atoms with Crippen molar-refractivity contribution >= 4 is 18.3 Å². The van der Waals surface area contributed by atoms with Crippen LogP contribution in [0.1, 0.15) is 64.2 Å². The van der Waals surface area contributed by atoms with E-state index in [1.165, 1.54) is 51.4 Å². The van der Waals surface area contributed by atoms with Gasteiger partial charge in [-0.25, -0.2) is 0 Å². The van der Waals surface area contributed by atoms with Gasteiger partial charge in [-0.1, -0.05) is 32.1 Å². The zero-order valence-electron chi connectivity index (χ0n) is 13.1. The summed E-state index contributed by atoms with van der Waals surface area (Å²) in [5.74, 6) is 2.82. The molecule has 0 aromatic heterocycles. The van der Waals surface area contributed by atoms with Gasteiger partial charge in [-0.2, -0.15) is 0 Å². The molecule has 1 heterocycles. The second-order valence-electron chi connectivity index (χ2n) is 7.20. The Balaban J connectivity index is 0.00000161. The van der Waals surface area contributed by atoms with Crippen LogP contribution in [0.15, 0.2) is 0 Å². The fourth-order valence-electron chi connectivity index (χ4n) is 4.25. The molecular weight excluding hydrogens is 284 g/mol. The summed E-state index contributed by atoms with van der Waals surface area (Å²) in [7, 11) is 0. The summed E-state index contributed by atoms with van der Waals surface area (Å²) in [4.78, 5) is 12.0. The van der Waals surface area contributed by atoms with E-state index in [0.717, 1.165) is 43.7 Å². The van der Waals surface area contributed by atoms with Crippen LogP contribution in [0.5, 0.6) is 0 Å². The Labute approximate surface area is 135 Å². The third-order valence-corrected chi connectivity index (χ3v) is 5.68. The van der Waals surface area contributed by atoms with E-state index in [1.54, 1.807) is 0 Å². The smallest absolute Gasteiger partial charge is 0.220 e. The van der Waals surface area contributed by atoms with Crippen LogP contribution in [0.2, 0.25) is 0 Å². The molecule has 3 fully saturated rings. The van der Waals surface area contributed by atoms with Crippen molar-refractivity contribution in [2.45, 2.75) is 70.3 Å². The maximum Gasteiger partial charge on any atom is 0.220 e. The normalized spacial score (nSPS) is 30.5. The third kappa shape index (κ3) is 5.14. The molecule has 2 saturated carbocycles. The average Bonchev–Trinajstić information content (AvgIpc) is 3.26. The molecule has 2 unspecified atom stereocenters. The van der Waals surface area contributed by atoms with E-state index in [2.05, 4.69) is 10.6 Å². The van der Waals surface area contributed by atoms with Crippen molar-refractivity contribution in [3.05, 3.63) is 0 Å². The van der Waals surface area contributed by atoms with E-state index < -0.39 is 0 Å². The highest BCUT2D eigenvalue weighted by molar-refractivity contribution is 5.85. The van der Waals surface area contributed by atoms with Crippen molar-refractivity contribution in [1.82, 2.24) is 10.6 Å². The molecule has 0 aromatic rings. The summed E-state index contributed by atoms with van der Waals surface area (Å²) in [6, 6.07) is 0.527. The van der Waals surface area contributed by atoms with Gasteiger partial charge in [-0.05, 0) is 56.5 Å². The van der Waals surface area contributed by atoms with Crippen LogP contribution in [-0.4, -0.2) is 25.0 Å². The number of carbonyl (C=O) groups is 1.